The lowest BCUT2D eigenvalue weighted by Crippen LogP contribution is -2.42. The normalized spacial score (nSPS) is 15.2. The molecule has 0 radical (unpaired) electrons. The van der Waals surface area contributed by atoms with E-state index < -0.39 is 0 Å². The summed E-state index contributed by atoms with van der Waals surface area (Å²) in [5.41, 5.74) is 1.62. The van der Waals surface area contributed by atoms with Crippen LogP contribution in [0.15, 0.2) is 53.3 Å². The van der Waals surface area contributed by atoms with Crippen molar-refractivity contribution in [1.29, 1.82) is 0 Å². The summed E-state index contributed by atoms with van der Waals surface area (Å²) in [5.74, 6) is 0.191. The van der Waals surface area contributed by atoms with Crippen molar-refractivity contribution in [2.24, 2.45) is 0 Å². The van der Waals surface area contributed by atoms with Crippen LogP contribution in [-0.2, 0) is 4.79 Å². The highest BCUT2D eigenvalue weighted by Crippen LogP contribution is 2.26. The van der Waals surface area contributed by atoms with Crippen LogP contribution >= 0.6 is 0 Å². The van der Waals surface area contributed by atoms with Gasteiger partial charge in [0.1, 0.15) is 0 Å². The monoisotopic (exact) mass is 367 g/mol. The predicted octanol–water partition coefficient (Wildman–Crippen LogP) is 2.28. The minimum absolute atomic E-state index is 0.0164. The van der Waals surface area contributed by atoms with Crippen molar-refractivity contribution in [2.45, 2.75) is 18.9 Å². The lowest BCUT2D eigenvalue weighted by Gasteiger charge is -2.32. The fourth-order valence-corrected chi connectivity index (χ4v) is 3.62. The zero-order chi connectivity index (χ0) is 18.8. The number of imidazole rings is 1. The van der Waals surface area contributed by atoms with Crippen LogP contribution in [0.25, 0.3) is 11.0 Å². The van der Waals surface area contributed by atoms with Gasteiger partial charge in [-0.05, 0) is 37.1 Å². The Kier molecular flexibility index (Phi) is 4.58. The van der Waals surface area contributed by atoms with E-state index in [2.05, 4.69) is 4.98 Å². The minimum Gasteiger partial charge on any atom is -0.504 e. The van der Waals surface area contributed by atoms with Gasteiger partial charge in [0.05, 0.1) is 11.0 Å². The number of aromatic hydroxyl groups is 1. The summed E-state index contributed by atoms with van der Waals surface area (Å²) < 4.78 is 7.23. The molecule has 1 aliphatic heterocycles. The van der Waals surface area contributed by atoms with Crippen LogP contribution in [0.3, 0.4) is 0 Å². The number of H-pyrrole nitrogens is 1. The molecule has 0 atom stereocenters. The maximum Gasteiger partial charge on any atom is 0.326 e. The smallest absolute Gasteiger partial charge is 0.326 e. The van der Waals surface area contributed by atoms with Gasteiger partial charge in [0.25, 0.3) is 5.91 Å². The molecule has 0 spiro atoms. The number of carbonyl (C=O) groups is 1. The van der Waals surface area contributed by atoms with E-state index >= 15 is 0 Å². The number of rotatable bonds is 4. The molecule has 2 heterocycles. The number of carbonyl (C=O) groups excluding carboxylic acids is 1. The number of benzene rings is 2. The first kappa shape index (κ1) is 17.2. The van der Waals surface area contributed by atoms with Gasteiger partial charge < -0.3 is 19.7 Å². The molecule has 7 nitrogen and oxygen atoms in total. The van der Waals surface area contributed by atoms with Crippen molar-refractivity contribution in [3.8, 4) is 11.5 Å². The molecule has 1 aliphatic rings. The molecule has 1 amide bonds. The summed E-state index contributed by atoms with van der Waals surface area (Å²) in [5, 5.41) is 9.70. The van der Waals surface area contributed by atoms with Gasteiger partial charge in [0.15, 0.2) is 18.1 Å². The summed E-state index contributed by atoms with van der Waals surface area (Å²) in [6.07, 6.45) is 1.42. The third-order valence-corrected chi connectivity index (χ3v) is 5.02. The maximum absolute atomic E-state index is 12.4. The lowest BCUT2D eigenvalue weighted by molar-refractivity contribution is -0.134. The Morgan fingerprint density at radius 2 is 1.81 bits per heavy atom. The van der Waals surface area contributed by atoms with Crippen molar-refractivity contribution < 1.29 is 14.6 Å². The molecule has 3 aromatic rings. The van der Waals surface area contributed by atoms with Gasteiger partial charge in [0, 0.05) is 19.1 Å². The highest BCUT2D eigenvalue weighted by molar-refractivity contribution is 5.78. The van der Waals surface area contributed by atoms with E-state index in [1.54, 1.807) is 27.7 Å². The third kappa shape index (κ3) is 3.40. The molecule has 140 valence electrons. The van der Waals surface area contributed by atoms with Crippen LogP contribution in [0.5, 0.6) is 11.5 Å². The van der Waals surface area contributed by atoms with Crippen LogP contribution in [0.2, 0.25) is 0 Å². The Labute approximate surface area is 155 Å². The van der Waals surface area contributed by atoms with Gasteiger partial charge in [-0.1, -0.05) is 24.3 Å². The van der Waals surface area contributed by atoms with E-state index in [4.69, 9.17) is 4.74 Å². The summed E-state index contributed by atoms with van der Waals surface area (Å²) in [7, 11) is 0. The quantitative estimate of drug-likeness (QED) is 0.741. The molecule has 0 aliphatic carbocycles. The highest BCUT2D eigenvalue weighted by atomic mass is 16.5. The molecule has 1 aromatic heterocycles. The number of phenols is 1. The maximum atomic E-state index is 12.4. The van der Waals surface area contributed by atoms with Crippen LogP contribution in [-0.4, -0.2) is 45.2 Å². The highest BCUT2D eigenvalue weighted by Gasteiger charge is 2.26. The molecule has 1 fully saturated rings. The third-order valence-electron chi connectivity index (χ3n) is 5.02. The molecule has 7 heteroatoms. The van der Waals surface area contributed by atoms with Crippen LogP contribution in [0, 0.1) is 0 Å². The molecular formula is C20H21N3O4. The van der Waals surface area contributed by atoms with Gasteiger partial charge in [-0.3, -0.25) is 9.36 Å². The predicted molar refractivity (Wildman–Crippen MR) is 101 cm³/mol. The number of hydrogen-bond acceptors (Lipinski definition) is 4. The molecule has 27 heavy (non-hydrogen) atoms. The number of phenolic OH excluding ortho intramolecular Hbond substituents is 1. The number of aromatic amines is 1. The second kappa shape index (κ2) is 7.19. The van der Waals surface area contributed by atoms with E-state index in [0.29, 0.717) is 31.7 Å². The van der Waals surface area contributed by atoms with Crippen molar-refractivity contribution in [2.75, 3.05) is 19.7 Å². The number of hydrogen-bond donors (Lipinski definition) is 2. The topological polar surface area (TPSA) is 87.6 Å². The van der Waals surface area contributed by atoms with Crippen molar-refractivity contribution >= 4 is 16.9 Å². The Balaban J connectivity index is 1.38. The summed E-state index contributed by atoms with van der Waals surface area (Å²) in [6, 6.07) is 14.3. The zero-order valence-corrected chi connectivity index (χ0v) is 14.8. The first-order chi connectivity index (χ1) is 13.1. The van der Waals surface area contributed by atoms with Crippen LogP contribution < -0.4 is 10.4 Å². The Morgan fingerprint density at radius 1 is 1.11 bits per heavy atom. The number of aromatic nitrogens is 2. The number of ether oxygens (including phenoxy) is 1. The second-order valence-corrected chi connectivity index (χ2v) is 6.69. The number of para-hydroxylation sites is 4. The van der Waals surface area contributed by atoms with E-state index in [1.807, 2.05) is 24.3 Å². The molecule has 2 aromatic carbocycles. The summed E-state index contributed by atoms with van der Waals surface area (Å²) >= 11 is 0. The van der Waals surface area contributed by atoms with Gasteiger partial charge in [-0.15, -0.1) is 0 Å². The average Bonchev–Trinajstić information content (AvgIpc) is 3.03. The number of fused-ring (bicyclic) bond motifs is 1. The van der Waals surface area contributed by atoms with Crippen LogP contribution in [0.1, 0.15) is 18.9 Å². The van der Waals surface area contributed by atoms with E-state index in [-0.39, 0.29) is 30.0 Å². The van der Waals surface area contributed by atoms with E-state index in [1.165, 1.54) is 6.07 Å². The fraction of sp³-hybridized carbons (Fsp3) is 0.300. The van der Waals surface area contributed by atoms with E-state index in [9.17, 15) is 14.7 Å². The zero-order valence-electron chi connectivity index (χ0n) is 14.8. The van der Waals surface area contributed by atoms with Crippen molar-refractivity contribution in [3.63, 3.8) is 0 Å². The molecule has 2 N–H and O–H groups in total. The summed E-state index contributed by atoms with van der Waals surface area (Å²) in [6.45, 7) is 1.02. The average molecular weight is 367 g/mol. The minimum atomic E-state index is -0.122. The summed E-state index contributed by atoms with van der Waals surface area (Å²) in [4.78, 5) is 29.4. The first-order valence-corrected chi connectivity index (χ1v) is 9.01. The first-order valence-electron chi connectivity index (χ1n) is 9.01. The molecule has 0 saturated carbocycles. The lowest BCUT2D eigenvalue weighted by atomic mass is 10.0. The fourth-order valence-electron chi connectivity index (χ4n) is 3.62. The van der Waals surface area contributed by atoms with Crippen LogP contribution in [0.4, 0.5) is 0 Å². The SMILES string of the molecule is O=C(COc1ccccc1O)N1CCC(n2c(=O)[nH]c3ccccc32)CC1. The van der Waals surface area contributed by atoms with Gasteiger partial charge in [-0.25, -0.2) is 4.79 Å². The molecule has 4 rings (SSSR count). The number of piperidine rings is 1. The Bertz CT molecular complexity index is 1020. The molecule has 0 unspecified atom stereocenters. The molecule has 0 bridgehead atoms. The Hall–Kier alpha value is -3.22. The number of nitrogens with one attached hydrogen (secondary N) is 1. The van der Waals surface area contributed by atoms with Gasteiger partial charge in [0.2, 0.25) is 0 Å². The Morgan fingerprint density at radius 3 is 2.59 bits per heavy atom. The van der Waals surface area contributed by atoms with E-state index in [0.717, 1.165) is 11.0 Å². The van der Waals surface area contributed by atoms with Crippen molar-refractivity contribution in [3.05, 3.63) is 59.0 Å². The number of likely N-dealkylation sites (tertiary alicyclic amines) is 1. The van der Waals surface area contributed by atoms with Gasteiger partial charge >= 0.3 is 5.69 Å². The molecular weight excluding hydrogens is 346 g/mol. The number of nitrogens with zero attached hydrogens (tertiary/aromatic N) is 2. The largest absolute Gasteiger partial charge is 0.504 e. The second-order valence-electron chi connectivity index (χ2n) is 6.69. The van der Waals surface area contributed by atoms with Crippen molar-refractivity contribution in [1.82, 2.24) is 14.5 Å². The van der Waals surface area contributed by atoms with Gasteiger partial charge in [-0.2, -0.15) is 0 Å². The number of amides is 1. The molecule has 1 saturated heterocycles. The standard InChI is InChI=1S/C20H21N3O4/c24-17-7-3-4-8-18(17)27-13-19(25)22-11-9-14(10-12-22)23-16-6-2-1-5-15(16)21-20(23)26/h1-8,14,24H,9-13H2,(H,21,26).